The molecule has 6 nitrogen and oxygen atoms in total. The molecule has 0 atom stereocenters. The van der Waals surface area contributed by atoms with Crippen molar-refractivity contribution in [1.29, 1.82) is 0 Å². The van der Waals surface area contributed by atoms with E-state index in [1.54, 1.807) is 12.1 Å². The minimum absolute atomic E-state index is 0. The number of ether oxygens (including phenoxy) is 2. The molecular formula is C16H17ClF3IN4O2. The van der Waals surface area contributed by atoms with Crippen LogP contribution in [-0.4, -0.2) is 30.5 Å². The van der Waals surface area contributed by atoms with Crippen molar-refractivity contribution in [2.45, 2.75) is 12.9 Å². The van der Waals surface area contributed by atoms with E-state index >= 15 is 0 Å². The van der Waals surface area contributed by atoms with Crippen LogP contribution in [0.2, 0.25) is 5.02 Å². The first-order valence-electron chi connectivity index (χ1n) is 7.45. The highest BCUT2D eigenvalue weighted by Crippen LogP contribution is 2.22. The van der Waals surface area contributed by atoms with Gasteiger partial charge in [0.05, 0.1) is 18.1 Å². The molecule has 27 heavy (non-hydrogen) atoms. The summed E-state index contributed by atoms with van der Waals surface area (Å²) in [5.74, 6) is 0.338. The molecule has 0 aliphatic rings. The number of nitrogens with two attached hydrogens (primary N) is 1. The Morgan fingerprint density at radius 1 is 1.19 bits per heavy atom. The molecular weight excluding hydrogens is 500 g/mol. The van der Waals surface area contributed by atoms with Gasteiger partial charge in [-0.25, -0.2) is 9.98 Å². The van der Waals surface area contributed by atoms with Crippen LogP contribution in [-0.2, 0) is 6.54 Å². The van der Waals surface area contributed by atoms with Gasteiger partial charge in [0.25, 0.3) is 0 Å². The van der Waals surface area contributed by atoms with Gasteiger partial charge in [0.1, 0.15) is 12.4 Å². The van der Waals surface area contributed by atoms with Crippen molar-refractivity contribution in [3.05, 3.63) is 53.2 Å². The quantitative estimate of drug-likeness (QED) is 0.254. The molecule has 3 N–H and O–H groups in total. The van der Waals surface area contributed by atoms with E-state index in [0.29, 0.717) is 29.6 Å². The SMILES string of the molecule is I.NC(=NCc1ccc(OC(F)(F)F)cc1)NCCOc1ccc(Cl)cn1. The topological polar surface area (TPSA) is 81.8 Å². The zero-order valence-electron chi connectivity index (χ0n) is 13.9. The first kappa shape index (κ1) is 23.1. The van der Waals surface area contributed by atoms with E-state index in [1.807, 2.05) is 0 Å². The van der Waals surface area contributed by atoms with E-state index in [9.17, 15) is 13.2 Å². The highest BCUT2D eigenvalue weighted by Gasteiger charge is 2.30. The normalized spacial score (nSPS) is 11.5. The summed E-state index contributed by atoms with van der Waals surface area (Å²) in [6, 6.07) is 8.70. The Balaban J connectivity index is 0.00000364. The summed E-state index contributed by atoms with van der Waals surface area (Å²) in [5, 5.41) is 3.37. The van der Waals surface area contributed by atoms with Crippen LogP contribution in [0.25, 0.3) is 0 Å². The van der Waals surface area contributed by atoms with Gasteiger partial charge < -0.3 is 20.5 Å². The lowest BCUT2D eigenvalue weighted by molar-refractivity contribution is -0.274. The van der Waals surface area contributed by atoms with Crippen LogP contribution in [0.15, 0.2) is 47.6 Å². The first-order valence-corrected chi connectivity index (χ1v) is 7.82. The second kappa shape index (κ2) is 11.0. The maximum Gasteiger partial charge on any atom is 0.573 e. The molecule has 0 bridgehead atoms. The number of alkyl halides is 3. The summed E-state index contributed by atoms with van der Waals surface area (Å²) >= 11 is 5.72. The predicted molar refractivity (Wildman–Crippen MR) is 107 cm³/mol. The number of guanidine groups is 1. The average molecular weight is 517 g/mol. The fraction of sp³-hybridized carbons (Fsp3) is 0.250. The monoisotopic (exact) mass is 516 g/mol. The van der Waals surface area contributed by atoms with Crippen molar-refractivity contribution in [2.75, 3.05) is 13.2 Å². The van der Waals surface area contributed by atoms with Gasteiger partial charge in [-0.3, -0.25) is 0 Å². The summed E-state index contributed by atoms with van der Waals surface area (Å²) in [6.07, 6.45) is -3.23. The summed E-state index contributed by atoms with van der Waals surface area (Å²) < 4.78 is 45.4. The third-order valence-electron chi connectivity index (χ3n) is 2.95. The molecule has 0 amide bonds. The summed E-state index contributed by atoms with van der Waals surface area (Å²) in [7, 11) is 0. The molecule has 1 heterocycles. The molecule has 1 aromatic carbocycles. The zero-order valence-corrected chi connectivity index (χ0v) is 17.0. The molecule has 0 saturated carbocycles. The van der Waals surface area contributed by atoms with E-state index < -0.39 is 6.36 Å². The van der Waals surface area contributed by atoms with Crippen molar-refractivity contribution in [3.63, 3.8) is 0 Å². The van der Waals surface area contributed by atoms with Gasteiger partial charge in [-0.1, -0.05) is 23.7 Å². The number of hydrogen-bond acceptors (Lipinski definition) is 4. The number of halogens is 5. The number of pyridine rings is 1. The minimum atomic E-state index is -4.71. The van der Waals surface area contributed by atoms with Crippen molar-refractivity contribution in [2.24, 2.45) is 10.7 Å². The molecule has 0 unspecified atom stereocenters. The standard InChI is InChI=1S/C16H16ClF3N4O2.HI/c17-12-3-6-14(23-10-12)25-8-7-22-15(21)24-9-11-1-4-13(5-2-11)26-16(18,19)20;/h1-6,10H,7-9H2,(H3,21,22,24);1H. The van der Waals surface area contributed by atoms with Crippen molar-refractivity contribution in [3.8, 4) is 11.6 Å². The lowest BCUT2D eigenvalue weighted by Gasteiger charge is -2.09. The smallest absolute Gasteiger partial charge is 0.476 e. The Morgan fingerprint density at radius 3 is 2.48 bits per heavy atom. The molecule has 0 radical (unpaired) electrons. The number of aromatic nitrogens is 1. The number of nitrogens with zero attached hydrogens (tertiary/aromatic N) is 2. The maximum absolute atomic E-state index is 12.1. The molecule has 148 valence electrons. The number of hydrogen-bond donors (Lipinski definition) is 2. The van der Waals surface area contributed by atoms with E-state index in [4.69, 9.17) is 22.1 Å². The Morgan fingerprint density at radius 2 is 1.89 bits per heavy atom. The molecule has 2 aromatic rings. The van der Waals surface area contributed by atoms with E-state index in [1.165, 1.54) is 30.5 Å². The highest BCUT2D eigenvalue weighted by atomic mass is 127. The van der Waals surface area contributed by atoms with Crippen molar-refractivity contribution < 1.29 is 22.6 Å². The lowest BCUT2D eigenvalue weighted by Crippen LogP contribution is -2.34. The third-order valence-corrected chi connectivity index (χ3v) is 3.17. The van der Waals surface area contributed by atoms with Crippen LogP contribution in [0.5, 0.6) is 11.6 Å². The van der Waals surface area contributed by atoms with Crippen molar-refractivity contribution >= 4 is 41.5 Å². The predicted octanol–water partition coefficient (Wildman–Crippen LogP) is 3.73. The molecule has 0 fully saturated rings. The van der Waals surface area contributed by atoms with Gasteiger partial charge >= 0.3 is 6.36 Å². The fourth-order valence-corrected chi connectivity index (χ4v) is 1.92. The molecule has 0 aliphatic heterocycles. The Hall–Kier alpha value is -1.95. The number of nitrogens with one attached hydrogen (secondary N) is 1. The Kier molecular flexibility index (Phi) is 9.43. The van der Waals surface area contributed by atoms with Gasteiger partial charge in [-0.15, -0.1) is 37.1 Å². The molecule has 11 heteroatoms. The third kappa shape index (κ3) is 9.52. The average Bonchev–Trinajstić information content (AvgIpc) is 2.58. The van der Waals surface area contributed by atoms with Crippen LogP contribution < -0.4 is 20.5 Å². The first-order chi connectivity index (χ1) is 12.3. The summed E-state index contributed by atoms with van der Waals surface area (Å²) in [6.45, 7) is 0.928. The van der Waals surface area contributed by atoms with E-state index in [0.717, 1.165) is 0 Å². The minimum Gasteiger partial charge on any atom is -0.476 e. The Labute approximate surface area is 175 Å². The van der Waals surface area contributed by atoms with E-state index in [-0.39, 0.29) is 42.2 Å². The molecule has 2 rings (SSSR count). The van der Waals surface area contributed by atoms with Gasteiger partial charge in [-0.2, -0.15) is 0 Å². The molecule has 0 saturated heterocycles. The number of rotatable bonds is 7. The lowest BCUT2D eigenvalue weighted by atomic mass is 10.2. The number of benzene rings is 1. The van der Waals surface area contributed by atoms with Crippen LogP contribution >= 0.6 is 35.6 Å². The molecule has 0 aliphatic carbocycles. The summed E-state index contributed by atoms with van der Waals surface area (Å²) in [4.78, 5) is 8.06. The van der Waals surface area contributed by atoms with Crippen LogP contribution in [0, 0.1) is 0 Å². The zero-order chi connectivity index (χ0) is 19.0. The van der Waals surface area contributed by atoms with Gasteiger partial charge in [0.2, 0.25) is 5.88 Å². The van der Waals surface area contributed by atoms with Crippen LogP contribution in [0.1, 0.15) is 5.56 Å². The summed E-state index contributed by atoms with van der Waals surface area (Å²) in [5.41, 5.74) is 6.40. The highest BCUT2D eigenvalue weighted by molar-refractivity contribution is 14.0. The van der Waals surface area contributed by atoms with Crippen molar-refractivity contribution in [1.82, 2.24) is 10.3 Å². The molecule has 1 aromatic heterocycles. The van der Waals surface area contributed by atoms with Gasteiger partial charge in [-0.05, 0) is 23.8 Å². The fourth-order valence-electron chi connectivity index (χ4n) is 1.81. The largest absolute Gasteiger partial charge is 0.573 e. The van der Waals surface area contributed by atoms with Crippen LogP contribution in [0.3, 0.4) is 0 Å². The van der Waals surface area contributed by atoms with Crippen LogP contribution in [0.4, 0.5) is 13.2 Å². The number of aliphatic imine (C=N–C) groups is 1. The molecule has 0 spiro atoms. The van der Waals surface area contributed by atoms with E-state index in [2.05, 4.69) is 20.0 Å². The van der Waals surface area contributed by atoms with Gasteiger partial charge in [0.15, 0.2) is 5.96 Å². The maximum atomic E-state index is 12.1. The second-order valence-electron chi connectivity index (χ2n) is 4.98. The Bertz CT molecular complexity index is 728. The van der Waals surface area contributed by atoms with Gasteiger partial charge in [0, 0.05) is 12.3 Å². The second-order valence-corrected chi connectivity index (χ2v) is 5.42.